The van der Waals surface area contributed by atoms with Gasteiger partial charge in [-0.1, -0.05) is 41.6 Å². The molecule has 8 heteroatoms. The number of nitrogens with zero attached hydrogens (tertiary/aromatic N) is 4. The Morgan fingerprint density at radius 2 is 2.03 bits per heavy atom. The molecular weight excluding hydrogens is 388 g/mol. The zero-order valence-electron chi connectivity index (χ0n) is 15.5. The van der Waals surface area contributed by atoms with Crippen molar-refractivity contribution in [2.24, 2.45) is 0 Å². The van der Waals surface area contributed by atoms with E-state index in [9.17, 15) is 4.79 Å². The van der Waals surface area contributed by atoms with Crippen molar-refractivity contribution in [1.82, 2.24) is 15.1 Å². The van der Waals surface area contributed by atoms with E-state index in [-0.39, 0.29) is 12.3 Å². The molecule has 146 valence electrons. The van der Waals surface area contributed by atoms with E-state index in [1.54, 1.807) is 29.4 Å². The Hall–Kier alpha value is -3.52. The smallest absolute Gasteiger partial charge is 0.238 e. The highest BCUT2D eigenvalue weighted by Gasteiger charge is 2.20. The fourth-order valence-corrected chi connectivity index (χ4v) is 3.62. The first-order valence-corrected chi connectivity index (χ1v) is 9.91. The van der Waals surface area contributed by atoms with Crippen molar-refractivity contribution in [3.05, 3.63) is 72.7 Å². The van der Waals surface area contributed by atoms with Crippen molar-refractivity contribution in [3.8, 4) is 22.8 Å². The number of aromatic nitrogens is 3. The monoisotopic (exact) mass is 406 g/mol. The van der Waals surface area contributed by atoms with Gasteiger partial charge >= 0.3 is 0 Å². The average molecular weight is 406 g/mol. The van der Waals surface area contributed by atoms with Crippen molar-refractivity contribution < 1.29 is 13.7 Å². The number of furan rings is 1. The molecule has 0 saturated heterocycles. The number of anilines is 1. The van der Waals surface area contributed by atoms with Crippen LogP contribution in [0.3, 0.4) is 0 Å². The standard InChI is InChI=1S/C21H18N4O3S/c1-2-12-25(21-22-16(14-29-21)15-7-4-3-5-8-15)19(26)11-10-18-23-20(24-28-18)17-9-6-13-27-17/h2-9,13-14H,1,10-12H2. The van der Waals surface area contributed by atoms with Crippen LogP contribution in [0.4, 0.5) is 5.13 Å². The van der Waals surface area contributed by atoms with Crippen LogP contribution >= 0.6 is 11.3 Å². The number of amides is 1. The first kappa shape index (κ1) is 18.8. The molecule has 0 aliphatic heterocycles. The first-order chi connectivity index (χ1) is 14.2. The van der Waals surface area contributed by atoms with E-state index in [4.69, 9.17) is 8.94 Å². The summed E-state index contributed by atoms with van der Waals surface area (Å²) in [4.78, 5) is 23.3. The highest BCUT2D eigenvalue weighted by Crippen LogP contribution is 2.28. The highest BCUT2D eigenvalue weighted by atomic mass is 32.1. The summed E-state index contributed by atoms with van der Waals surface area (Å²) in [5, 5.41) is 6.46. The molecule has 0 unspecified atom stereocenters. The maximum Gasteiger partial charge on any atom is 0.238 e. The second-order valence-electron chi connectivity index (χ2n) is 6.16. The average Bonchev–Trinajstić information content (AvgIpc) is 3.52. The molecule has 0 radical (unpaired) electrons. The molecule has 0 spiro atoms. The van der Waals surface area contributed by atoms with Crippen LogP contribution in [0.25, 0.3) is 22.8 Å². The van der Waals surface area contributed by atoms with Crippen LogP contribution in [-0.4, -0.2) is 27.6 Å². The largest absolute Gasteiger partial charge is 0.461 e. The van der Waals surface area contributed by atoms with Gasteiger partial charge in [0.1, 0.15) is 0 Å². The summed E-state index contributed by atoms with van der Waals surface area (Å²) in [6.07, 6.45) is 3.77. The summed E-state index contributed by atoms with van der Waals surface area (Å²) >= 11 is 1.43. The molecule has 29 heavy (non-hydrogen) atoms. The molecule has 0 aliphatic rings. The van der Waals surface area contributed by atoms with Crippen LogP contribution in [0.2, 0.25) is 0 Å². The topological polar surface area (TPSA) is 85.3 Å². The van der Waals surface area contributed by atoms with Crippen molar-refractivity contribution in [2.45, 2.75) is 12.8 Å². The summed E-state index contributed by atoms with van der Waals surface area (Å²) in [5.41, 5.74) is 1.85. The summed E-state index contributed by atoms with van der Waals surface area (Å²) in [6.45, 7) is 4.13. The summed E-state index contributed by atoms with van der Waals surface area (Å²) in [5.74, 6) is 1.19. The van der Waals surface area contributed by atoms with E-state index < -0.39 is 0 Å². The van der Waals surface area contributed by atoms with E-state index in [1.807, 2.05) is 35.7 Å². The molecule has 7 nitrogen and oxygen atoms in total. The number of thiazole rings is 1. The number of rotatable bonds is 8. The van der Waals surface area contributed by atoms with Crippen LogP contribution in [0.5, 0.6) is 0 Å². The SMILES string of the molecule is C=CCN(C(=O)CCc1nc(-c2ccco2)no1)c1nc(-c2ccccc2)cs1. The predicted octanol–water partition coefficient (Wildman–Crippen LogP) is 4.60. The molecule has 3 heterocycles. The molecule has 4 aromatic rings. The molecular formula is C21H18N4O3S. The summed E-state index contributed by atoms with van der Waals surface area (Å²) < 4.78 is 10.5. The molecule has 0 N–H and O–H groups in total. The fourth-order valence-electron chi connectivity index (χ4n) is 2.76. The molecule has 0 saturated carbocycles. The maximum atomic E-state index is 12.8. The summed E-state index contributed by atoms with van der Waals surface area (Å²) in [6, 6.07) is 13.4. The Bertz CT molecular complexity index is 1090. The van der Waals surface area contributed by atoms with Crippen LogP contribution in [0, 0.1) is 0 Å². The van der Waals surface area contributed by atoms with Gasteiger partial charge in [0.15, 0.2) is 10.9 Å². The third-order valence-electron chi connectivity index (χ3n) is 4.17. The van der Waals surface area contributed by atoms with E-state index in [2.05, 4.69) is 21.7 Å². The lowest BCUT2D eigenvalue weighted by Gasteiger charge is -2.17. The maximum absolute atomic E-state index is 12.8. The van der Waals surface area contributed by atoms with Crippen molar-refractivity contribution >= 4 is 22.4 Å². The second-order valence-corrected chi connectivity index (χ2v) is 7.00. The van der Waals surface area contributed by atoms with Crippen LogP contribution in [-0.2, 0) is 11.2 Å². The molecule has 0 aliphatic carbocycles. The lowest BCUT2D eigenvalue weighted by atomic mass is 10.2. The van der Waals surface area contributed by atoms with Gasteiger partial charge in [0.2, 0.25) is 17.6 Å². The molecule has 0 bridgehead atoms. The number of benzene rings is 1. The van der Waals surface area contributed by atoms with Gasteiger partial charge in [0, 0.05) is 30.3 Å². The Morgan fingerprint density at radius 3 is 2.79 bits per heavy atom. The molecule has 3 aromatic heterocycles. The minimum atomic E-state index is -0.0865. The van der Waals surface area contributed by atoms with Crippen molar-refractivity contribution in [2.75, 3.05) is 11.4 Å². The minimum Gasteiger partial charge on any atom is -0.461 e. The Labute approximate surface area is 171 Å². The van der Waals surface area contributed by atoms with E-state index in [1.165, 1.54) is 11.3 Å². The van der Waals surface area contributed by atoms with Gasteiger partial charge in [-0.3, -0.25) is 9.69 Å². The lowest BCUT2D eigenvalue weighted by Crippen LogP contribution is -2.31. The lowest BCUT2D eigenvalue weighted by molar-refractivity contribution is -0.118. The van der Waals surface area contributed by atoms with Gasteiger partial charge in [0.05, 0.1) is 12.0 Å². The number of hydrogen-bond acceptors (Lipinski definition) is 7. The minimum absolute atomic E-state index is 0.0865. The Kier molecular flexibility index (Phi) is 5.62. The normalized spacial score (nSPS) is 10.8. The van der Waals surface area contributed by atoms with E-state index >= 15 is 0 Å². The number of aryl methyl sites for hydroxylation is 1. The van der Waals surface area contributed by atoms with Gasteiger partial charge in [-0.25, -0.2) is 4.98 Å². The van der Waals surface area contributed by atoms with Crippen LogP contribution in [0.15, 0.2) is 75.7 Å². The third-order valence-corrected chi connectivity index (χ3v) is 5.03. The zero-order chi connectivity index (χ0) is 20.1. The Balaban J connectivity index is 1.44. The number of carbonyl (C=O) groups is 1. The van der Waals surface area contributed by atoms with E-state index in [0.717, 1.165) is 11.3 Å². The van der Waals surface area contributed by atoms with Gasteiger partial charge in [-0.15, -0.1) is 17.9 Å². The molecule has 4 rings (SSSR count). The van der Waals surface area contributed by atoms with Gasteiger partial charge in [-0.05, 0) is 12.1 Å². The predicted molar refractivity (Wildman–Crippen MR) is 110 cm³/mol. The molecule has 1 aromatic carbocycles. The second kappa shape index (κ2) is 8.66. The van der Waals surface area contributed by atoms with Crippen LogP contribution in [0.1, 0.15) is 12.3 Å². The zero-order valence-corrected chi connectivity index (χ0v) is 16.3. The van der Waals surface area contributed by atoms with Gasteiger partial charge in [0.25, 0.3) is 0 Å². The molecule has 1 amide bonds. The highest BCUT2D eigenvalue weighted by molar-refractivity contribution is 7.14. The number of hydrogen-bond donors (Lipinski definition) is 0. The van der Waals surface area contributed by atoms with Crippen molar-refractivity contribution in [3.63, 3.8) is 0 Å². The van der Waals surface area contributed by atoms with Gasteiger partial charge < -0.3 is 8.94 Å². The molecule has 0 atom stereocenters. The Morgan fingerprint density at radius 1 is 1.17 bits per heavy atom. The quantitative estimate of drug-likeness (QED) is 0.397. The summed E-state index contributed by atoms with van der Waals surface area (Å²) in [7, 11) is 0. The van der Waals surface area contributed by atoms with Gasteiger partial charge in [-0.2, -0.15) is 4.98 Å². The first-order valence-electron chi connectivity index (χ1n) is 9.03. The van der Waals surface area contributed by atoms with Crippen molar-refractivity contribution in [1.29, 1.82) is 0 Å². The fraction of sp³-hybridized carbons (Fsp3) is 0.143. The molecule has 0 fully saturated rings. The van der Waals surface area contributed by atoms with E-state index in [0.29, 0.717) is 35.6 Å². The third kappa shape index (κ3) is 4.33. The number of carbonyl (C=O) groups excluding carboxylic acids is 1. The van der Waals surface area contributed by atoms with Crippen LogP contribution < -0.4 is 4.90 Å².